The van der Waals surface area contributed by atoms with Gasteiger partial charge in [0.25, 0.3) is 0 Å². The molecule has 0 bridgehead atoms. The van der Waals surface area contributed by atoms with E-state index in [1.165, 1.54) is 0 Å². The van der Waals surface area contributed by atoms with Crippen molar-refractivity contribution in [1.29, 1.82) is 0 Å². The fourth-order valence-electron chi connectivity index (χ4n) is 3.42. The Morgan fingerprint density at radius 2 is 1.46 bits per heavy atom. The lowest BCUT2D eigenvalue weighted by Gasteiger charge is -2.24. The van der Waals surface area contributed by atoms with Crippen molar-refractivity contribution in [1.82, 2.24) is 4.90 Å². The highest BCUT2D eigenvalue weighted by atomic mass is 32.2. The summed E-state index contributed by atoms with van der Waals surface area (Å²) in [4.78, 5) is 20.3. The fourth-order valence-corrected chi connectivity index (χ4v) is 4.37. The zero-order chi connectivity index (χ0) is 19.3. The minimum absolute atomic E-state index is 0.0785. The van der Waals surface area contributed by atoms with E-state index in [1.807, 2.05) is 96.8 Å². The molecule has 1 heterocycles. The summed E-state index contributed by atoms with van der Waals surface area (Å²) in [7, 11) is 0. The summed E-state index contributed by atoms with van der Waals surface area (Å²) in [6.07, 6.45) is 0. The highest BCUT2D eigenvalue weighted by molar-refractivity contribution is 8.14. The fraction of sp³-hybridized carbons (Fsp3) is 0.167. The number of aliphatic imine (C=N–C) groups is 1. The lowest BCUT2D eigenvalue weighted by Crippen LogP contribution is -2.36. The predicted molar refractivity (Wildman–Crippen MR) is 117 cm³/mol. The van der Waals surface area contributed by atoms with Gasteiger partial charge >= 0.3 is 0 Å². The van der Waals surface area contributed by atoms with Crippen LogP contribution in [0.3, 0.4) is 0 Å². The summed E-state index contributed by atoms with van der Waals surface area (Å²) in [6.45, 7) is 2.73. The van der Waals surface area contributed by atoms with Crippen LogP contribution in [0.2, 0.25) is 0 Å². The first-order valence-corrected chi connectivity index (χ1v) is 10.4. The summed E-state index contributed by atoms with van der Waals surface area (Å²) >= 11 is 1.65. The minimum atomic E-state index is -0.330. The van der Waals surface area contributed by atoms with E-state index in [0.29, 0.717) is 6.54 Å². The number of hydrogen-bond acceptors (Lipinski definition) is 3. The van der Waals surface area contributed by atoms with Crippen molar-refractivity contribution in [2.24, 2.45) is 4.99 Å². The van der Waals surface area contributed by atoms with Crippen LogP contribution in [0, 0.1) is 6.92 Å². The van der Waals surface area contributed by atoms with Gasteiger partial charge in [0, 0.05) is 12.3 Å². The largest absolute Gasteiger partial charge is 0.290 e. The molecule has 1 aliphatic heterocycles. The Bertz CT molecular complexity index is 946. The Morgan fingerprint density at radius 3 is 2.07 bits per heavy atom. The van der Waals surface area contributed by atoms with Crippen molar-refractivity contribution >= 4 is 28.5 Å². The number of carbonyl (C=O) groups is 1. The maximum atomic E-state index is 13.7. The first-order valence-electron chi connectivity index (χ1n) is 9.42. The number of para-hydroxylation sites is 1. The van der Waals surface area contributed by atoms with Crippen LogP contribution in [0.25, 0.3) is 0 Å². The van der Waals surface area contributed by atoms with Crippen LogP contribution in [-0.4, -0.2) is 28.3 Å². The van der Waals surface area contributed by atoms with Gasteiger partial charge in [-0.05, 0) is 29.7 Å². The molecular weight excluding hydrogens is 364 g/mol. The van der Waals surface area contributed by atoms with Crippen molar-refractivity contribution in [3.8, 4) is 0 Å². The molecule has 1 saturated heterocycles. The van der Waals surface area contributed by atoms with Crippen molar-refractivity contribution in [3.05, 3.63) is 102 Å². The predicted octanol–water partition coefficient (Wildman–Crippen LogP) is 5.39. The number of hydrogen-bond donors (Lipinski definition) is 0. The Hall–Kier alpha value is -2.85. The monoisotopic (exact) mass is 386 g/mol. The molecule has 4 heteroatoms. The van der Waals surface area contributed by atoms with Gasteiger partial charge in [0.15, 0.2) is 5.17 Å². The Kier molecular flexibility index (Phi) is 5.58. The van der Waals surface area contributed by atoms with E-state index < -0.39 is 0 Å². The second-order valence-electron chi connectivity index (χ2n) is 6.77. The molecule has 4 rings (SSSR count). The molecule has 0 N–H and O–H groups in total. The first kappa shape index (κ1) is 18.5. The van der Waals surface area contributed by atoms with Gasteiger partial charge in [0.1, 0.15) is 0 Å². The molecule has 3 nitrogen and oxygen atoms in total. The lowest BCUT2D eigenvalue weighted by molar-refractivity contribution is -0.127. The molecule has 0 unspecified atom stereocenters. The number of amidine groups is 1. The summed E-state index contributed by atoms with van der Waals surface area (Å²) < 4.78 is 0. The van der Waals surface area contributed by atoms with Gasteiger partial charge in [-0.2, -0.15) is 0 Å². The normalized spacial score (nSPS) is 15.4. The maximum absolute atomic E-state index is 13.7. The highest BCUT2D eigenvalue weighted by Crippen LogP contribution is 2.31. The first-order chi connectivity index (χ1) is 13.7. The number of amides is 1. The van der Waals surface area contributed by atoms with Crippen molar-refractivity contribution in [2.75, 3.05) is 12.3 Å². The topological polar surface area (TPSA) is 32.7 Å². The lowest BCUT2D eigenvalue weighted by atomic mass is 9.90. The molecule has 3 aromatic rings. The van der Waals surface area contributed by atoms with Crippen LogP contribution in [0.5, 0.6) is 0 Å². The quantitative estimate of drug-likeness (QED) is 0.602. The Morgan fingerprint density at radius 1 is 0.893 bits per heavy atom. The molecule has 1 aliphatic rings. The van der Waals surface area contributed by atoms with Crippen LogP contribution in [0.4, 0.5) is 5.69 Å². The summed E-state index contributed by atoms with van der Waals surface area (Å²) in [5, 5.41) is 0.788. The molecule has 3 aromatic carbocycles. The summed E-state index contributed by atoms with van der Waals surface area (Å²) in [5.41, 5.74) is 4.04. The van der Waals surface area contributed by atoms with E-state index in [2.05, 4.69) is 0 Å². The van der Waals surface area contributed by atoms with Gasteiger partial charge < -0.3 is 0 Å². The maximum Gasteiger partial charge on any atom is 0.240 e. The number of benzene rings is 3. The molecule has 0 aromatic heterocycles. The summed E-state index contributed by atoms with van der Waals surface area (Å²) in [6, 6.07) is 28.0. The van der Waals surface area contributed by atoms with Crippen LogP contribution in [-0.2, 0) is 4.79 Å². The molecule has 28 heavy (non-hydrogen) atoms. The van der Waals surface area contributed by atoms with E-state index in [0.717, 1.165) is 33.3 Å². The van der Waals surface area contributed by atoms with Crippen LogP contribution in [0.15, 0.2) is 89.9 Å². The third kappa shape index (κ3) is 3.87. The number of rotatable bonds is 4. The van der Waals surface area contributed by atoms with E-state index in [9.17, 15) is 4.79 Å². The molecule has 0 aliphatic carbocycles. The van der Waals surface area contributed by atoms with Gasteiger partial charge in [-0.25, -0.2) is 4.99 Å². The summed E-state index contributed by atoms with van der Waals surface area (Å²) in [5.74, 6) is 0.616. The molecule has 140 valence electrons. The molecule has 0 radical (unpaired) electrons. The van der Waals surface area contributed by atoms with Crippen LogP contribution >= 0.6 is 11.8 Å². The van der Waals surface area contributed by atoms with E-state index >= 15 is 0 Å². The average molecular weight is 387 g/mol. The zero-order valence-corrected chi connectivity index (χ0v) is 16.6. The number of thioether (sulfide) groups is 1. The van der Waals surface area contributed by atoms with E-state index in [4.69, 9.17) is 4.99 Å². The smallest absolute Gasteiger partial charge is 0.240 e. The van der Waals surface area contributed by atoms with Gasteiger partial charge in [-0.15, -0.1) is 0 Å². The minimum Gasteiger partial charge on any atom is -0.290 e. The second-order valence-corrected chi connectivity index (χ2v) is 7.84. The molecule has 0 spiro atoms. The van der Waals surface area contributed by atoms with Crippen molar-refractivity contribution < 1.29 is 4.79 Å². The molecular formula is C24H22N2OS. The third-order valence-corrected chi connectivity index (χ3v) is 5.84. The van der Waals surface area contributed by atoms with Crippen molar-refractivity contribution in [3.63, 3.8) is 0 Å². The van der Waals surface area contributed by atoms with Gasteiger partial charge in [-0.1, -0.05) is 90.6 Å². The average Bonchev–Trinajstić information content (AvgIpc) is 3.20. The Balaban J connectivity index is 1.71. The molecule has 0 atom stereocenters. The van der Waals surface area contributed by atoms with Gasteiger partial charge in [-0.3, -0.25) is 9.69 Å². The second kappa shape index (κ2) is 8.44. The Labute approximate surface area is 170 Å². The molecule has 0 saturated carbocycles. The number of nitrogens with zero attached hydrogens (tertiary/aromatic N) is 2. The number of aryl methyl sites for hydroxylation is 1. The third-order valence-electron chi connectivity index (χ3n) is 4.89. The molecule has 1 fully saturated rings. The number of carbonyl (C=O) groups excluding carboxylic acids is 1. The zero-order valence-electron chi connectivity index (χ0n) is 15.8. The van der Waals surface area contributed by atoms with Crippen LogP contribution < -0.4 is 0 Å². The SMILES string of the molecule is Cc1ccccc1N=C1SCCN1C(=O)C(c1ccccc1)c1ccccc1. The van der Waals surface area contributed by atoms with Gasteiger partial charge in [0.2, 0.25) is 5.91 Å². The van der Waals surface area contributed by atoms with Crippen LogP contribution in [0.1, 0.15) is 22.6 Å². The standard InChI is InChI=1S/C24H22N2OS/c1-18-10-8-9-15-21(18)25-24-26(16-17-28-24)23(27)22(19-11-4-2-5-12-19)20-13-6-3-7-14-20/h2-15,22H,16-17H2,1H3. The highest BCUT2D eigenvalue weighted by Gasteiger charge is 2.33. The van der Waals surface area contributed by atoms with E-state index in [1.54, 1.807) is 11.8 Å². The van der Waals surface area contributed by atoms with Crippen molar-refractivity contribution in [2.45, 2.75) is 12.8 Å². The molecule has 1 amide bonds. The van der Waals surface area contributed by atoms with E-state index in [-0.39, 0.29) is 11.8 Å². The van der Waals surface area contributed by atoms with Gasteiger partial charge in [0.05, 0.1) is 11.6 Å².